The molecule has 1 N–H and O–H groups in total. The lowest BCUT2D eigenvalue weighted by atomic mass is 9.88. The number of carbonyl (C=O) groups excluding carboxylic acids is 1. The number of hydrogen-bond acceptors (Lipinski definition) is 3. The van der Waals surface area contributed by atoms with Gasteiger partial charge in [-0.15, -0.1) is 12.8 Å². The van der Waals surface area contributed by atoms with Gasteiger partial charge in [0, 0.05) is 25.3 Å². The van der Waals surface area contributed by atoms with Gasteiger partial charge in [-0.05, 0) is 51.2 Å². The number of hydrogen-bond donors (Lipinski definition) is 1. The molecule has 0 saturated carbocycles. The minimum absolute atomic E-state index is 0.375. The van der Waals surface area contributed by atoms with Crippen LogP contribution in [0.3, 0.4) is 0 Å². The SMILES string of the molecule is C#C.C/C=C\C(=C/C)C1=NNC(C)C1.CC.CCCC(CC(=O)CC)c1cccc(C)c1. The van der Waals surface area contributed by atoms with Crippen LogP contribution in [0.2, 0.25) is 0 Å². The highest BCUT2D eigenvalue weighted by Crippen LogP contribution is 2.26. The first kappa shape index (κ1) is 31.6. The van der Waals surface area contributed by atoms with Crippen LogP contribution in [0.1, 0.15) is 97.6 Å². The summed E-state index contributed by atoms with van der Waals surface area (Å²) < 4.78 is 0. The van der Waals surface area contributed by atoms with E-state index in [1.54, 1.807) is 0 Å². The highest BCUT2D eigenvalue weighted by Gasteiger charge is 2.15. The Bertz CT molecular complexity index is 741. The van der Waals surface area contributed by atoms with Gasteiger partial charge in [-0.1, -0.05) is 82.2 Å². The maximum absolute atomic E-state index is 11.6. The Kier molecular flexibility index (Phi) is 20.0. The van der Waals surface area contributed by atoms with E-state index < -0.39 is 0 Å². The predicted octanol–water partition coefficient (Wildman–Crippen LogP) is 7.77. The van der Waals surface area contributed by atoms with Crippen LogP contribution in [-0.4, -0.2) is 17.5 Å². The fourth-order valence-electron chi connectivity index (χ4n) is 3.37. The first-order valence-electron chi connectivity index (χ1n) is 12.0. The number of nitrogens with one attached hydrogen (secondary N) is 1. The van der Waals surface area contributed by atoms with Gasteiger partial charge in [0.1, 0.15) is 5.78 Å². The molecule has 0 bridgehead atoms. The molecule has 0 aromatic heterocycles. The van der Waals surface area contributed by atoms with Crippen LogP contribution in [0.15, 0.2) is 53.2 Å². The first-order chi connectivity index (χ1) is 15.4. The second kappa shape index (κ2) is 20.3. The van der Waals surface area contributed by atoms with Crippen molar-refractivity contribution in [1.82, 2.24) is 5.43 Å². The van der Waals surface area contributed by atoms with Gasteiger partial charge in [-0.25, -0.2) is 0 Å². The molecule has 2 unspecified atom stereocenters. The van der Waals surface area contributed by atoms with Gasteiger partial charge in [0.2, 0.25) is 0 Å². The summed E-state index contributed by atoms with van der Waals surface area (Å²) in [6.45, 7) is 16.4. The quantitative estimate of drug-likeness (QED) is 0.333. The summed E-state index contributed by atoms with van der Waals surface area (Å²) in [6, 6.07) is 9.04. The predicted molar refractivity (Wildman–Crippen MR) is 143 cm³/mol. The summed E-state index contributed by atoms with van der Waals surface area (Å²) in [5, 5.41) is 4.25. The molecule has 178 valence electrons. The van der Waals surface area contributed by atoms with Crippen molar-refractivity contribution in [3.05, 3.63) is 59.2 Å². The topological polar surface area (TPSA) is 41.5 Å². The minimum atomic E-state index is 0.375. The van der Waals surface area contributed by atoms with Gasteiger partial charge in [0.15, 0.2) is 0 Å². The monoisotopic (exact) mass is 438 g/mol. The van der Waals surface area contributed by atoms with Crippen LogP contribution in [0.25, 0.3) is 0 Å². The molecule has 1 heterocycles. The van der Waals surface area contributed by atoms with Crippen molar-refractivity contribution < 1.29 is 4.79 Å². The number of terminal acetylenes is 1. The van der Waals surface area contributed by atoms with Crippen LogP contribution >= 0.6 is 0 Å². The third-order valence-electron chi connectivity index (χ3n) is 4.93. The van der Waals surface area contributed by atoms with E-state index in [1.807, 2.05) is 40.7 Å². The Morgan fingerprint density at radius 1 is 1.25 bits per heavy atom. The average Bonchev–Trinajstić information content (AvgIpc) is 3.26. The van der Waals surface area contributed by atoms with Crippen LogP contribution in [0.5, 0.6) is 0 Å². The van der Waals surface area contributed by atoms with E-state index in [2.05, 4.69) is 80.6 Å². The van der Waals surface area contributed by atoms with E-state index in [0.717, 1.165) is 19.3 Å². The molecular formula is C29H46N2O. The molecular weight excluding hydrogens is 392 g/mol. The van der Waals surface area contributed by atoms with Crippen molar-refractivity contribution in [3.63, 3.8) is 0 Å². The van der Waals surface area contributed by atoms with Crippen molar-refractivity contribution in [2.24, 2.45) is 5.10 Å². The molecule has 32 heavy (non-hydrogen) atoms. The van der Waals surface area contributed by atoms with Gasteiger partial charge in [-0.3, -0.25) is 4.79 Å². The smallest absolute Gasteiger partial charge is 0.133 e. The number of hydrazone groups is 1. The third-order valence-corrected chi connectivity index (χ3v) is 4.93. The molecule has 3 nitrogen and oxygen atoms in total. The van der Waals surface area contributed by atoms with E-state index in [4.69, 9.17) is 0 Å². The lowest BCUT2D eigenvalue weighted by molar-refractivity contribution is -0.119. The number of rotatable bonds is 8. The van der Waals surface area contributed by atoms with Gasteiger partial charge in [-0.2, -0.15) is 5.10 Å². The highest BCUT2D eigenvalue weighted by molar-refractivity contribution is 6.03. The fraction of sp³-hybridized carbons (Fsp3) is 0.517. The van der Waals surface area contributed by atoms with Crippen LogP contribution in [-0.2, 0) is 4.79 Å². The summed E-state index contributed by atoms with van der Waals surface area (Å²) in [7, 11) is 0. The summed E-state index contributed by atoms with van der Waals surface area (Å²) in [5.74, 6) is 0.789. The summed E-state index contributed by atoms with van der Waals surface area (Å²) >= 11 is 0. The lowest BCUT2D eigenvalue weighted by Crippen LogP contribution is -2.13. The number of nitrogens with zero attached hydrogens (tertiary/aromatic N) is 1. The zero-order valence-corrected chi connectivity index (χ0v) is 21.7. The van der Waals surface area contributed by atoms with Crippen LogP contribution in [0.4, 0.5) is 0 Å². The second-order valence-electron chi connectivity index (χ2n) is 7.53. The minimum Gasteiger partial charge on any atom is -0.307 e. The maximum atomic E-state index is 11.6. The fourth-order valence-corrected chi connectivity index (χ4v) is 3.37. The first-order valence-corrected chi connectivity index (χ1v) is 12.0. The Hall–Kier alpha value is -2.60. The van der Waals surface area contributed by atoms with Gasteiger partial charge in [0.05, 0.1) is 5.71 Å². The van der Waals surface area contributed by atoms with E-state index in [0.29, 0.717) is 30.6 Å². The van der Waals surface area contributed by atoms with Gasteiger partial charge >= 0.3 is 0 Å². The highest BCUT2D eigenvalue weighted by atomic mass is 16.1. The van der Waals surface area contributed by atoms with Crippen molar-refractivity contribution in [1.29, 1.82) is 0 Å². The molecule has 0 aliphatic carbocycles. The molecule has 0 saturated heterocycles. The van der Waals surface area contributed by atoms with Crippen LogP contribution in [0, 0.1) is 19.8 Å². The van der Waals surface area contributed by atoms with Crippen LogP contribution < -0.4 is 5.43 Å². The summed E-state index contributed by atoms with van der Waals surface area (Å²) in [5.41, 5.74) is 8.06. The number of ketones is 1. The van der Waals surface area contributed by atoms with Gasteiger partial charge in [0.25, 0.3) is 0 Å². The molecule has 1 aromatic carbocycles. The number of aryl methyl sites for hydroxylation is 1. The Balaban J connectivity index is 0. The van der Waals surface area contributed by atoms with Crippen molar-refractivity contribution in [2.45, 2.75) is 99.5 Å². The van der Waals surface area contributed by atoms with E-state index in [9.17, 15) is 4.79 Å². The molecule has 0 radical (unpaired) electrons. The Morgan fingerprint density at radius 2 is 1.91 bits per heavy atom. The molecule has 1 aliphatic heterocycles. The van der Waals surface area contributed by atoms with E-state index >= 15 is 0 Å². The molecule has 2 atom stereocenters. The Labute approximate surface area is 198 Å². The number of carbonyl (C=O) groups is 1. The van der Waals surface area contributed by atoms with Crippen molar-refractivity contribution >= 4 is 11.5 Å². The van der Waals surface area contributed by atoms with E-state index in [-0.39, 0.29) is 0 Å². The largest absolute Gasteiger partial charge is 0.307 e. The third kappa shape index (κ3) is 13.0. The number of allylic oxidation sites excluding steroid dienone is 4. The molecule has 3 heteroatoms. The molecule has 0 fully saturated rings. The number of benzene rings is 1. The zero-order chi connectivity index (χ0) is 24.9. The summed E-state index contributed by atoms with van der Waals surface area (Å²) in [4.78, 5) is 11.6. The molecule has 0 amide bonds. The lowest BCUT2D eigenvalue weighted by Gasteiger charge is -2.16. The standard InChI is InChI=1S/C15H22O.C10H16N2.C2H6.C2H2/c1-4-7-13(11-15(16)5-2)14-9-6-8-12(3)10-14;1-4-6-9(5-2)10-7-8(3)11-12-10;2*1-2/h6,8-10,13H,4-5,7,11H2,1-3H3;4-6,8,11H,7H2,1-3H3;1-2H3;1-2H/b;6-4-,9-5+;;. The molecule has 0 spiro atoms. The maximum Gasteiger partial charge on any atom is 0.133 e. The normalized spacial score (nSPS) is 15.6. The number of Topliss-reactive ketones (excluding diaryl/α,β-unsaturated/α-hetero) is 1. The van der Waals surface area contributed by atoms with E-state index in [1.165, 1.54) is 22.4 Å². The zero-order valence-electron chi connectivity index (χ0n) is 21.7. The molecule has 1 aromatic rings. The van der Waals surface area contributed by atoms with Gasteiger partial charge < -0.3 is 5.43 Å². The second-order valence-corrected chi connectivity index (χ2v) is 7.53. The Morgan fingerprint density at radius 3 is 2.34 bits per heavy atom. The molecule has 1 aliphatic rings. The summed E-state index contributed by atoms with van der Waals surface area (Å²) in [6.07, 6.45) is 18.9. The average molecular weight is 439 g/mol. The molecule has 2 rings (SSSR count). The van der Waals surface area contributed by atoms with Crippen molar-refractivity contribution in [3.8, 4) is 12.8 Å². The van der Waals surface area contributed by atoms with Crippen molar-refractivity contribution in [2.75, 3.05) is 0 Å².